The lowest BCUT2D eigenvalue weighted by Gasteiger charge is -2.34. The van der Waals surface area contributed by atoms with E-state index in [4.69, 9.17) is 23.2 Å². The summed E-state index contributed by atoms with van der Waals surface area (Å²) in [5.41, 5.74) is 3.60. The molecular weight excluding hydrogens is 445 g/mol. The zero-order chi connectivity index (χ0) is 22.1. The van der Waals surface area contributed by atoms with Crippen LogP contribution < -0.4 is 0 Å². The summed E-state index contributed by atoms with van der Waals surface area (Å²) in [5.74, 6) is 0.0472. The minimum Gasteiger partial charge on any atom is -0.336 e. The third-order valence-electron chi connectivity index (χ3n) is 5.82. The van der Waals surface area contributed by atoms with Crippen molar-refractivity contribution >= 4 is 40.0 Å². The van der Waals surface area contributed by atoms with Crippen LogP contribution >= 0.6 is 23.2 Å². The number of hydrogen-bond donors (Lipinski definition) is 0. The SMILES string of the molecule is O=C(c1cn(-c2cncnc2)c2ccccc12)N1CCN(Cc2ccc(Cl)c(Cl)c2)CC1. The van der Waals surface area contributed by atoms with Crippen molar-refractivity contribution in [2.45, 2.75) is 6.54 Å². The van der Waals surface area contributed by atoms with Gasteiger partial charge in [0.1, 0.15) is 6.33 Å². The maximum absolute atomic E-state index is 13.4. The first-order valence-corrected chi connectivity index (χ1v) is 11.2. The normalized spacial score (nSPS) is 14.8. The van der Waals surface area contributed by atoms with E-state index in [0.717, 1.165) is 41.8 Å². The maximum atomic E-state index is 13.4. The van der Waals surface area contributed by atoms with Crippen molar-refractivity contribution in [3.05, 3.63) is 88.6 Å². The van der Waals surface area contributed by atoms with Crippen LogP contribution in [0.15, 0.2) is 67.4 Å². The van der Waals surface area contributed by atoms with Gasteiger partial charge < -0.3 is 9.47 Å². The molecule has 0 bridgehead atoms. The van der Waals surface area contributed by atoms with Crippen LogP contribution in [0.5, 0.6) is 0 Å². The first-order valence-electron chi connectivity index (χ1n) is 10.4. The lowest BCUT2D eigenvalue weighted by Crippen LogP contribution is -2.48. The van der Waals surface area contributed by atoms with Crippen LogP contribution in [0.25, 0.3) is 16.6 Å². The predicted molar refractivity (Wildman–Crippen MR) is 127 cm³/mol. The summed E-state index contributed by atoms with van der Waals surface area (Å²) >= 11 is 12.2. The molecule has 2 aromatic carbocycles. The van der Waals surface area contributed by atoms with Gasteiger partial charge in [-0.1, -0.05) is 47.5 Å². The monoisotopic (exact) mass is 465 g/mol. The van der Waals surface area contributed by atoms with Gasteiger partial charge in [0, 0.05) is 44.3 Å². The topological polar surface area (TPSA) is 54.3 Å². The van der Waals surface area contributed by atoms with Gasteiger partial charge in [-0.15, -0.1) is 0 Å². The van der Waals surface area contributed by atoms with Crippen LogP contribution in [0.3, 0.4) is 0 Å². The predicted octanol–water partition coefficient (Wildman–Crippen LogP) is 4.69. The van der Waals surface area contributed by atoms with Gasteiger partial charge in [-0.25, -0.2) is 9.97 Å². The van der Waals surface area contributed by atoms with Crippen molar-refractivity contribution in [1.82, 2.24) is 24.3 Å². The molecule has 0 spiro atoms. The van der Waals surface area contributed by atoms with E-state index in [2.05, 4.69) is 14.9 Å². The molecular formula is C24H21Cl2N5O. The molecule has 0 saturated carbocycles. The summed E-state index contributed by atoms with van der Waals surface area (Å²) < 4.78 is 1.98. The van der Waals surface area contributed by atoms with E-state index < -0.39 is 0 Å². The molecule has 32 heavy (non-hydrogen) atoms. The van der Waals surface area contributed by atoms with E-state index in [1.54, 1.807) is 12.4 Å². The number of carbonyl (C=O) groups is 1. The number of fused-ring (bicyclic) bond motifs is 1. The summed E-state index contributed by atoms with van der Waals surface area (Å²) in [6, 6.07) is 13.7. The molecule has 2 aromatic heterocycles. The van der Waals surface area contributed by atoms with Gasteiger partial charge in [-0.05, 0) is 23.8 Å². The third kappa shape index (κ3) is 4.09. The summed E-state index contributed by atoms with van der Waals surface area (Å²) in [5, 5.41) is 2.06. The highest BCUT2D eigenvalue weighted by atomic mass is 35.5. The Morgan fingerprint density at radius 3 is 2.44 bits per heavy atom. The van der Waals surface area contributed by atoms with E-state index in [0.29, 0.717) is 28.7 Å². The Balaban J connectivity index is 1.33. The van der Waals surface area contributed by atoms with Crippen molar-refractivity contribution in [3.63, 3.8) is 0 Å². The number of carbonyl (C=O) groups excluding carboxylic acids is 1. The second-order valence-corrected chi connectivity index (χ2v) is 8.66. The first kappa shape index (κ1) is 20.9. The molecule has 1 saturated heterocycles. The zero-order valence-corrected chi connectivity index (χ0v) is 18.8. The van der Waals surface area contributed by atoms with Crippen LogP contribution in [0.4, 0.5) is 0 Å². The average molecular weight is 466 g/mol. The van der Waals surface area contributed by atoms with E-state index in [-0.39, 0.29) is 5.91 Å². The number of aromatic nitrogens is 3. The van der Waals surface area contributed by atoms with Crippen LogP contribution in [0.2, 0.25) is 10.0 Å². The van der Waals surface area contributed by atoms with E-state index in [9.17, 15) is 4.79 Å². The zero-order valence-electron chi connectivity index (χ0n) is 17.3. The molecule has 0 radical (unpaired) electrons. The lowest BCUT2D eigenvalue weighted by atomic mass is 10.1. The Morgan fingerprint density at radius 2 is 1.69 bits per heavy atom. The Kier molecular flexibility index (Phi) is 5.83. The standard InChI is InChI=1S/C24H21Cl2N5O/c25-21-6-5-17(11-22(21)26)14-29-7-9-30(10-8-29)24(32)20-15-31(18-12-27-16-28-13-18)23-4-2-1-3-19(20)23/h1-6,11-13,15-16H,7-10,14H2. The first-order chi connectivity index (χ1) is 15.6. The Morgan fingerprint density at radius 1 is 0.938 bits per heavy atom. The smallest absolute Gasteiger partial charge is 0.256 e. The Labute approximate surface area is 196 Å². The van der Waals surface area contributed by atoms with Gasteiger partial charge in [-0.3, -0.25) is 9.69 Å². The fourth-order valence-corrected chi connectivity index (χ4v) is 4.48. The third-order valence-corrected chi connectivity index (χ3v) is 6.56. The highest BCUT2D eigenvalue weighted by Crippen LogP contribution is 2.27. The van der Waals surface area contributed by atoms with Crippen molar-refractivity contribution in [1.29, 1.82) is 0 Å². The van der Waals surface area contributed by atoms with E-state index in [1.807, 2.05) is 58.1 Å². The second kappa shape index (κ2) is 8.90. The highest BCUT2D eigenvalue weighted by Gasteiger charge is 2.25. The van der Waals surface area contributed by atoms with Crippen molar-refractivity contribution in [3.8, 4) is 5.69 Å². The number of amides is 1. The Hall–Kier alpha value is -2.93. The fraction of sp³-hybridized carbons (Fsp3) is 0.208. The minimum atomic E-state index is 0.0472. The number of hydrogen-bond acceptors (Lipinski definition) is 4. The molecule has 6 nitrogen and oxygen atoms in total. The Bertz CT molecular complexity index is 1270. The van der Waals surface area contributed by atoms with Crippen LogP contribution in [0, 0.1) is 0 Å². The van der Waals surface area contributed by atoms with Gasteiger partial charge in [-0.2, -0.15) is 0 Å². The number of para-hydroxylation sites is 1. The summed E-state index contributed by atoms with van der Waals surface area (Å²) in [7, 11) is 0. The quantitative estimate of drug-likeness (QED) is 0.438. The van der Waals surface area contributed by atoms with Gasteiger partial charge >= 0.3 is 0 Å². The molecule has 8 heteroatoms. The van der Waals surface area contributed by atoms with Gasteiger partial charge in [0.2, 0.25) is 0 Å². The summed E-state index contributed by atoms with van der Waals surface area (Å²) in [4.78, 5) is 25.9. The molecule has 0 aliphatic carbocycles. The molecule has 162 valence electrons. The molecule has 0 N–H and O–H groups in total. The number of nitrogens with zero attached hydrogens (tertiary/aromatic N) is 5. The van der Waals surface area contributed by atoms with Crippen molar-refractivity contribution in [2.75, 3.05) is 26.2 Å². The largest absolute Gasteiger partial charge is 0.336 e. The van der Waals surface area contributed by atoms with Gasteiger partial charge in [0.05, 0.1) is 39.2 Å². The van der Waals surface area contributed by atoms with E-state index in [1.165, 1.54) is 6.33 Å². The summed E-state index contributed by atoms with van der Waals surface area (Å²) in [6.45, 7) is 3.74. The van der Waals surface area contributed by atoms with Crippen molar-refractivity contribution in [2.24, 2.45) is 0 Å². The molecule has 0 atom stereocenters. The van der Waals surface area contributed by atoms with Crippen LogP contribution in [-0.2, 0) is 6.54 Å². The minimum absolute atomic E-state index is 0.0472. The highest BCUT2D eigenvalue weighted by molar-refractivity contribution is 6.42. The molecule has 1 amide bonds. The lowest BCUT2D eigenvalue weighted by molar-refractivity contribution is 0.0630. The fourth-order valence-electron chi connectivity index (χ4n) is 4.15. The molecule has 0 unspecified atom stereocenters. The van der Waals surface area contributed by atoms with Crippen molar-refractivity contribution < 1.29 is 4.79 Å². The van der Waals surface area contributed by atoms with E-state index >= 15 is 0 Å². The molecule has 1 fully saturated rings. The number of halogens is 2. The van der Waals surface area contributed by atoms with Gasteiger partial charge in [0.25, 0.3) is 5.91 Å². The van der Waals surface area contributed by atoms with Gasteiger partial charge in [0.15, 0.2) is 0 Å². The number of piperazine rings is 1. The molecule has 4 aromatic rings. The number of benzene rings is 2. The number of rotatable bonds is 4. The average Bonchev–Trinajstić information content (AvgIpc) is 3.22. The molecule has 1 aliphatic rings. The molecule has 5 rings (SSSR count). The van der Waals surface area contributed by atoms with Crippen LogP contribution in [-0.4, -0.2) is 56.4 Å². The molecule has 1 aliphatic heterocycles. The maximum Gasteiger partial charge on any atom is 0.256 e. The molecule has 3 heterocycles. The summed E-state index contributed by atoms with van der Waals surface area (Å²) in [6.07, 6.45) is 6.89. The van der Waals surface area contributed by atoms with Crippen LogP contribution in [0.1, 0.15) is 15.9 Å². The second-order valence-electron chi connectivity index (χ2n) is 7.84.